The van der Waals surface area contributed by atoms with Crippen molar-refractivity contribution in [2.24, 2.45) is 17.3 Å². The molecule has 0 aromatic carbocycles. The van der Waals surface area contributed by atoms with E-state index in [4.69, 9.17) is 5.11 Å². The van der Waals surface area contributed by atoms with Crippen LogP contribution in [-0.2, 0) is 9.59 Å². The molecule has 2 atom stereocenters. The van der Waals surface area contributed by atoms with Gasteiger partial charge >= 0.3 is 5.97 Å². The fourth-order valence-corrected chi connectivity index (χ4v) is 2.84. The third-order valence-corrected chi connectivity index (χ3v) is 4.17. The number of carbonyl (C=O) groups is 2. The van der Waals surface area contributed by atoms with Gasteiger partial charge in [0, 0.05) is 13.2 Å². The molecule has 1 aliphatic rings. The molecule has 0 unspecified atom stereocenters. The van der Waals surface area contributed by atoms with Gasteiger partial charge in [0.05, 0.1) is 11.8 Å². The summed E-state index contributed by atoms with van der Waals surface area (Å²) in [5.74, 6) is -1.92. The number of amides is 1. The summed E-state index contributed by atoms with van der Waals surface area (Å²) in [7, 11) is 0. The summed E-state index contributed by atoms with van der Waals surface area (Å²) in [6, 6.07) is 0. The van der Waals surface area contributed by atoms with Crippen LogP contribution in [0.15, 0.2) is 0 Å². The lowest BCUT2D eigenvalue weighted by Gasteiger charge is -2.30. The molecule has 1 aliphatic carbocycles. The van der Waals surface area contributed by atoms with Gasteiger partial charge < -0.3 is 15.5 Å². The van der Waals surface area contributed by atoms with E-state index in [-0.39, 0.29) is 17.9 Å². The van der Waals surface area contributed by atoms with Crippen LogP contribution in [0, 0.1) is 17.3 Å². The van der Waals surface area contributed by atoms with Gasteiger partial charge in [0.1, 0.15) is 0 Å². The van der Waals surface area contributed by atoms with Crippen LogP contribution in [0.3, 0.4) is 0 Å². The van der Waals surface area contributed by atoms with E-state index in [1.54, 1.807) is 0 Å². The second-order valence-corrected chi connectivity index (χ2v) is 6.54. The van der Waals surface area contributed by atoms with E-state index in [1.165, 1.54) is 0 Å². The van der Waals surface area contributed by atoms with Crippen molar-refractivity contribution >= 4 is 11.9 Å². The number of aliphatic hydroxyl groups excluding tert-OH is 1. The first-order valence-electron chi connectivity index (χ1n) is 7.49. The molecule has 0 spiro atoms. The van der Waals surface area contributed by atoms with Crippen molar-refractivity contribution in [2.75, 3.05) is 13.2 Å². The largest absolute Gasteiger partial charge is 0.481 e. The quantitative estimate of drug-likeness (QED) is 0.665. The summed E-state index contributed by atoms with van der Waals surface area (Å²) in [6.45, 7) is 4.76. The van der Waals surface area contributed by atoms with E-state index in [1.807, 2.05) is 13.8 Å². The van der Waals surface area contributed by atoms with Crippen molar-refractivity contribution in [3.8, 4) is 0 Å². The van der Waals surface area contributed by atoms with Crippen LogP contribution in [0.2, 0.25) is 0 Å². The Labute approximate surface area is 120 Å². The highest BCUT2D eigenvalue weighted by molar-refractivity contribution is 5.84. The average Bonchev–Trinajstić information content (AvgIpc) is 2.42. The Hall–Kier alpha value is -1.10. The van der Waals surface area contributed by atoms with Gasteiger partial charge in [-0.3, -0.25) is 9.59 Å². The van der Waals surface area contributed by atoms with Gasteiger partial charge in [0.2, 0.25) is 5.91 Å². The lowest BCUT2D eigenvalue weighted by atomic mass is 9.78. The second kappa shape index (κ2) is 7.62. The summed E-state index contributed by atoms with van der Waals surface area (Å²) < 4.78 is 0. The molecule has 3 N–H and O–H groups in total. The van der Waals surface area contributed by atoms with Crippen LogP contribution < -0.4 is 5.32 Å². The molecule has 20 heavy (non-hydrogen) atoms. The normalized spacial score (nSPS) is 23.4. The first kappa shape index (κ1) is 17.0. The summed E-state index contributed by atoms with van der Waals surface area (Å²) in [5, 5.41) is 21.0. The third kappa shape index (κ3) is 5.12. The number of aliphatic carboxylic acids is 1. The molecular weight excluding hydrogens is 258 g/mol. The molecule has 0 bridgehead atoms. The molecule has 5 nitrogen and oxygen atoms in total. The van der Waals surface area contributed by atoms with Crippen LogP contribution in [0.4, 0.5) is 0 Å². The summed E-state index contributed by atoms with van der Waals surface area (Å²) >= 11 is 0. The number of carbonyl (C=O) groups excluding carboxylic acids is 1. The molecule has 1 rings (SSSR count). The van der Waals surface area contributed by atoms with Crippen molar-refractivity contribution in [3.63, 3.8) is 0 Å². The fraction of sp³-hybridized carbons (Fsp3) is 0.867. The van der Waals surface area contributed by atoms with Crippen LogP contribution in [-0.4, -0.2) is 35.2 Å². The fourth-order valence-electron chi connectivity index (χ4n) is 2.84. The number of hydrogen-bond donors (Lipinski definition) is 3. The number of aliphatic hydroxyl groups is 1. The van der Waals surface area contributed by atoms with Gasteiger partial charge in [-0.2, -0.15) is 0 Å². The van der Waals surface area contributed by atoms with Crippen LogP contribution in [0.5, 0.6) is 0 Å². The Bertz CT molecular complexity index is 341. The topological polar surface area (TPSA) is 86.6 Å². The predicted molar refractivity (Wildman–Crippen MR) is 76.2 cm³/mol. The van der Waals surface area contributed by atoms with Crippen molar-refractivity contribution in [2.45, 2.75) is 52.4 Å². The predicted octanol–water partition coefficient (Wildman–Crippen LogP) is 1.79. The minimum absolute atomic E-state index is 0.0776. The minimum atomic E-state index is -0.857. The number of carboxylic acid groups (broad SMARTS) is 1. The maximum absolute atomic E-state index is 12.2. The maximum Gasteiger partial charge on any atom is 0.307 e. The molecule has 5 heteroatoms. The van der Waals surface area contributed by atoms with Gasteiger partial charge in [0.25, 0.3) is 0 Å². The van der Waals surface area contributed by atoms with Crippen molar-refractivity contribution in [3.05, 3.63) is 0 Å². The Morgan fingerprint density at radius 2 is 1.80 bits per heavy atom. The lowest BCUT2D eigenvalue weighted by molar-refractivity contribution is -0.149. The van der Waals surface area contributed by atoms with E-state index < -0.39 is 17.8 Å². The van der Waals surface area contributed by atoms with E-state index >= 15 is 0 Å². The van der Waals surface area contributed by atoms with Crippen molar-refractivity contribution < 1.29 is 19.8 Å². The van der Waals surface area contributed by atoms with E-state index in [2.05, 4.69) is 5.32 Å². The minimum Gasteiger partial charge on any atom is -0.481 e. The Balaban J connectivity index is 2.50. The lowest BCUT2D eigenvalue weighted by Crippen LogP contribution is -2.43. The Morgan fingerprint density at radius 3 is 2.35 bits per heavy atom. The monoisotopic (exact) mass is 285 g/mol. The number of hydrogen-bond acceptors (Lipinski definition) is 3. The van der Waals surface area contributed by atoms with Gasteiger partial charge in [-0.15, -0.1) is 0 Å². The average molecular weight is 285 g/mol. The first-order chi connectivity index (χ1) is 9.37. The number of nitrogens with one attached hydrogen (secondary N) is 1. The second-order valence-electron chi connectivity index (χ2n) is 6.54. The van der Waals surface area contributed by atoms with Gasteiger partial charge in [0.15, 0.2) is 0 Å². The molecule has 0 radical (unpaired) electrons. The zero-order valence-corrected chi connectivity index (χ0v) is 12.5. The highest BCUT2D eigenvalue weighted by Gasteiger charge is 2.36. The van der Waals surface area contributed by atoms with Gasteiger partial charge in [-0.05, 0) is 31.1 Å². The molecule has 0 aromatic heterocycles. The highest BCUT2D eigenvalue weighted by atomic mass is 16.4. The number of carboxylic acids is 1. The molecular formula is C15H27NO4. The standard InChI is InChI=1S/C15H27NO4/c1-15(2,8-5-9-17)10-16-13(18)11-6-3-4-7-12(11)14(19)20/h11-12,17H,3-10H2,1-2H3,(H,16,18)(H,19,20)/t11-,12+/m1/s1. The molecule has 0 aromatic rings. The molecule has 0 saturated heterocycles. The zero-order valence-electron chi connectivity index (χ0n) is 12.5. The molecule has 1 fully saturated rings. The highest BCUT2D eigenvalue weighted by Crippen LogP contribution is 2.30. The third-order valence-electron chi connectivity index (χ3n) is 4.17. The van der Waals surface area contributed by atoms with E-state index in [9.17, 15) is 14.7 Å². The summed E-state index contributed by atoms with van der Waals surface area (Å²) in [6.07, 6.45) is 4.63. The van der Waals surface area contributed by atoms with E-state index in [0.29, 0.717) is 25.8 Å². The van der Waals surface area contributed by atoms with Crippen LogP contribution >= 0.6 is 0 Å². The molecule has 116 valence electrons. The zero-order chi connectivity index (χ0) is 15.2. The van der Waals surface area contributed by atoms with Crippen molar-refractivity contribution in [1.82, 2.24) is 5.32 Å². The summed E-state index contributed by atoms with van der Waals surface area (Å²) in [4.78, 5) is 23.4. The molecule has 0 aliphatic heterocycles. The SMILES string of the molecule is CC(C)(CCCO)CNC(=O)[C@@H]1CCCC[C@@H]1C(=O)O. The van der Waals surface area contributed by atoms with Crippen LogP contribution in [0.1, 0.15) is 52.4 Å². The van der Waals surface area contributed by atoms with Crippen molar-refractivity contribution in [1.29, 1.82) is 0 Å². The Kier molecular flexibility index (Phi) is 6.46. The number of rotatable bonds is 7. The smallest absolute Gasteiger partial charge is 0.307 e. The Morgan fingerprint density at radius 1 is 1.20 bits per heavy atom. The molecule has 1 saturated carbocycles. The van der Waals surface area contributed by atoms with Gasteiger partial charge in [-0.1, -0.05) is 26.7 Å². The summed E-state index contributed by atoms with van der Waals surface area (Å²) in [5.41, 5.74) is -0.0776. The van der Waals surface area contributed by atoms with Crippen LogP contribution in [0.25, 0.3) is 0 Å². The molecule has 1 amide bonds. The molecule has 0 heterocycles. The maximum atomic E-state index is 12.2. The van der Waals surface area contributed by atoms with E-state index in [0.717, 1.165) is 19.3 Å². The van der Waals surface area contributed by atoms with Gasteiger partial charge in [-0.25, -0.2) is 0 Å². The first-order valence-corrected chi connectivity index (χ1v) is 7.49.